The molecule has 0 bridgehead atoms. The van der Waals surface area contributed by atoms with Gasteiger partial charge in [0.05, 0.1) is 11.6 Å². The normalized spacial score (nSPS) is 14.5. The second-order valence-electron chi connectivity index (χ2n) is 4.49. The van der Waals surface area contributed by atoms with Gasteiger partial charge in [-0.3, -0.25) is 4.90 Å². The third-order valence-corrected chi connectivity index (χ3v) is 3.24. The van der Waals surface area contributed by atoms with Crippen LogP contribution in [0, 0.1) is 0 Å². The molecular weight excluding hydrogens is 208 g/mol. The van der Waals surface area contributed by atoms with Crippen molar-refractivity contribution in [3.8, 4) is 0 Å². The van der Waals surface area contributed by atoms with E-state index in [2.05, 4.69) is 16.3 Å². The Bertz CT molecular complexity index is 279. The summed E-state index contributed by atoms with van der Waals surface area (Å²) in [5.41, 5.74) is 5.09. The van der Waals surface area contributed by atoms with Crippen LogP contribution >= 0.6 is 11.3 Å². The topological polar surface area (TPSA) is 49.5 Å². The van der Waals surface area contributed by atoms with Crippen LogP contribution in [0.1, 0.15) is 24.8 Å². The summed E-state index contributed by atoms with van der Waals surface area (Å²) >= 11 is 1.71. The first kappa shape index (κ1) is 12.6. The molecule has 4 heteroatoms. The van der Waals surface area contributed by atoms with Gasteiger partial charge in [-0.25, -0.2) is 0 Å². The molecule has 15 heavy (non-hydrogen) atoms. The Morgan fingerprint density at radius 1 is 1.60 bits per heavy atom. The molecule has 0 amide bonds. The summed E-state index contributed by atoms with van der Waals surface area (Å²) in [7, 11) is 2.00. The van der Waals surface area contributed by atoms with Crippen molar-refractivity contribution >= 4 is 11.3 Å². The van der Waals surface area contributed by atoms with Crippen LogP contribution in [0.4, 0.5) is 0 Å². The lowest BCUT2D eigenvalue weighted by Crippen LogP contribution is -2.40. The molecule has 0 aromatic carbocycles. The highest BCUT2D eigenvalue weighted by molar-refractivity contribution is 7.10. The van der Waals surface area contributed by atoms with Gasteiger partial charge in [-0.1, -0.05) is 6.07 Å². The summed E-state index contributed by atoms with van der Waals surface area (Å²) in [5, 5.41) is 11.8. The van der Waals surface area contributed by atoms with Crippen LogP contribution in [0.3, 0.4) is 0 Å². The van der Waals surface area contributed by atoms with E-state index in [1.54, 1.807) is 11.3 Å². The third kappa shape index (κ3) is 3.91. The molecule has 0 saturated carbocycles. The Morgan fingerprint density at radius 3 is 2.67 bits per heavy atom. The van der Waals surface area contributed by atoms with E-state index in [9.17, 15) is 5.11 Å². The molecule has 0 aliphatic heterocycles. The van der Waals surface area contributed by atoms with E-state index in [1.165, 1.54) is 4.88 Å². The van der Waals surface area contributed by atoms with E-state index < -0.39 is 5.60 Å². The smallest absolute Gasteiger partial charge is 0.0718 e. The molecule has 1 atom stereocenters. The van der Waals surface area contributed by atoms with Crippen LogP contribution in [-0.4, -0.2) is 35.7 Å². The predicted octanol–water partition coefficient (Wildman–Crippen LogP) is 1.45. The molecule has 86 valence electrons. The zero-order chi connectivity index (χ0) is 11.5. The minimum atomic E-state index is -0.681. The minimum Gasteiger partial charge on any atom is -0.389 e. The van der Waals surface area contributed by atoms with Crippen LogP contribution < -0.4 is 5.73 Å². The summed E-state index contributed by atoms with van der Waals surface area (Å²) in [6.07, 6.45) is 0. The molecule has 0 saturated heterocycles. The Morgan fingerprint density at radius 2 is 2.27 bits per heavy atom. The van der Waals surface area contributed by atoms with Gasteiger partial charge in [-0.15, -0.1) is 11.3 Å². The Balaban J connectivity index is 2.67. The minimum absolute atomic E-state index is 0.205. The Hall–Kier alpha value is -0.420. The SMILES string of the molecule is CN(CC(C)(C)O)C(CN)c1cccs1. The van der Waals surface area contributed by atoms with Gasteiger partial charge in [-0.2, -0.15) is 0 Å². The summed E-state index contributed by atoms with van der Waals surface area (Å²) in [4.78, 5) is 3.36. The standard InChI is InChI=1S/C11H20N2OS/c1-11(2,14)8-13(3)9(7-12)10-5-4-6-15-10/h4-6,9,14H,7-8,12H2,1-3H3. The maximum atomic E-state index is 9.75. The number of nitrogens with two attached hydrogens (primary N) is 1. The molecule has 1 heterocycles. The van der Waals surface area contributed by atoms with Crippen molar-refractivity contribution in [2.75, 3.05) is 20.1 Å². The second-order valence-corrected chi connectivity index (χ2v) is 5.47. The van der Waals surface area contributed by atoms with Crippen LogP contribution in [0.5, 0.6) is 0 Å². The Kier molecular flexibility index (Phi) is 4.28. The lowest BCUT2D eigenvalue weighted by molar-refractivity contribution is 0.0325. The summed E-state index contributed by atoms with van der Waals surface area (Å²) < 4.78 is 0. The quantitative estimate of drug-likeness (QED) is 0.802. The van der Waals surface area contributed by atoms with Crippen molar-refractivity contribution in [1.82, 2.24) is 4.90 Å². The van der Waals surface area contributed by atoms with Crippen LogP contribution in [0.15, 0.2) is 17.5 Å². The maximum Gasteiger partial charge on any atom is 0.0718 e. The van der Waals surface area contributed by atoms with Gasteiger partial charge in [0.1, 0.15) is 0 Å². The average molecular weight is 228 g/mol. The lowest BCUT2D eigenvalue weighted by atomic mass is 10.1. The van der Waals surface area contributed by atoms with Gasteiger partial charge in [0.25, 0.3) is 0 Å². The zero-order valence-corrected chi connectivity index (χ0v) is 10.4. The van der Waals surface area contributed by atoms with Crippen molar-refractivity contribution in [2.45, 2.75) is 25.5 Å². The molecule has 0 aliphatic carbocycles. The maximum absolute atomic E-state index is 9.75. The summed E-state index contributed by atoms with van der Waals surface area (Å²) in [5.74, 6) is 0. The third-order valence-electron chi connectivity index (χ3n) is 2.26. The van der Waals surface area contributed by atoms with E-state index >= 15 is 0 Å². The molecule has 0 radical (unpaired) electrons. The van der Waals surface area contributed by atoms with Gasteiger partial charge in [0, 0.05) is 18.0 Å². The predicted molar refractivity (Wildman–Crippen MR) is 65.0 cm³/mol. The van der Waals surface area contributed by atoms with Gasteiger partial charge in [-0.05, 0) is 32.3 Å². The second kappa shape index (κ2) is 5.07. The van der Waals surface area contributed by atoms with Crippen LogP contribution in [-0.2, 0) is 0 Å². The fourth-order valence-electron chi connectivity index (χ4n) is 1.71. The lowest BCUT2D eigenvalue weighted by Gasteiger charge is -2.31. The van der Waals surface area contributed by atoms with Crippen molar-refractivity contribution in [1.29, 1.82) is 0 Å². The van der Waals surface area contributed by atoms with Crippen LogP contribution in [0.25, 0.3) is 0 Å². The molecule has 0 fully saturated rings. The monoisotopic (exact) mass is 228 g/mol. The van der Waals surface area contributed by atoms with Crippen molar-refractivity contribution in [2.24, 2.45) is 5.73 Å². The number of hydrogen-bond donors (Lipinski definition) is 2. The zero-order valence-electron chi connectivity index (χ0n) is 9.60. The molecule has 0 spiro atoms. The first-order chi connectivity index (χ1) is 6.94. The summed E-state index contributed by atoms with van der Waals surface area (Å²) in [6, 6.07) is 4.32. The first-order valence-corrected chi connectivity index (χ1v) is 5.98. The van der Waals surface area contributed by atoms with E-state index in [0.29, 0.717) is 13.1 Å². The van der Waals surface area contributed by atoms with E-state index in [4.69, 9.17) is 5.73 Å². The van der Waals surface area contributed by atoms with Crippen molar-refractivity contribution < 1.29 is 5.11 Å². The van der Waals surface area contributed by atoms with Crippen LogP contribution in [0.2, 0.25) is 0 Å². The Labute approximate surface area is 95.5 Å². The molecular formula is C11H20N2OS. The molecule has 3 nitrogen and oxygen atoms in total. The number of likely N-dealkylation sites (N-methyl/N-ethyl adjacent to an activating group) is 1. The molecule has 1 aromatic rings. The molecule has 1 unspecified atom stereocenters. The van der Waals surface area contributed by atoms with Gasteiger partial charge in [0.2, 0.25) is 0 Å². The van der Waals surface area contributed by atoms with E-state index in [0.717, 1.165) is 0 Å². The van der Waals surface area contributed by atoms with Crippen molar-refractivity contribution in [3.05, 3.63) is 22.4 Å². The van der Waals surface area contributed by atoms with Crippen molar-refractivity contribution in [3.63, 3.8) is 0 Å². The van der Waals surface area contributed by atoms with E-state index in [-0.39, 0.29) is 6.04 Å². The van der Waals surface area contributed by atoms with Gasteiger partial charge >= 0.3 is 0 Å². The summed E-state index contributed by atoms with van der Waals surface area (Å²) in [6.45, 7) is 4.82. The number of rotatable bonds is 5. The van der Waals surface area contributed by atoms with Gasteiger partial charge in [0.15, 0.2) is 0 Å². The highest BCUT2D eigenvalue weighted by Crippen LogP contribution is 2.24. The number of nitrogens with zero attached hydrogens (tertiary/aromatic N) is 1. The number of thiophene rings is 1. The first-order valence-electron chi connectivity index (χ1n) is 5.10. The fraction of sp³-hybridized carbons (Fsp3) is 0.636. The molecule has 1 aromatic heterocycles. The van der Waals surface area contributed by atoms with Gasteiger partial charge < -0.3 is 10.8 Å². The largest absolute Gasteiger partial charge is 0.389 e. The molecule has 1 rings (SSSR count). The highest BCUT2D eigenvalue weighted by atomic mass is 32.1. The average Bonchev–Trinajstić information content (AvgIpc) is 2.54. The fourth-order valence-corrected chi connectivity index (χ4v) is 2.62. The molecule has 0 aliphatic rings. The number of aliphatic hydroxyl groups is 1. The van der Waals surface area contributed by atoms with E-state index in [1.807, 2.05) is 27.0 Å². The molecule has 3 N–H and O–H groups in total. The highest BCUT2D eigenvalue weighted by Gasteiger charge is 2.22. The number of hydrogen-bond acceptors (Lipinski definition) is 4.